The molecule has 2 aliphatic rings. The summed E-state index contributed by atoms with van der Waals surface area (Å²) in [5.74, 6) is 0.702. The van der Waals surface area contributed by atoms with Crippen molar-refractivity contribution in [3.05, 3.63) is 42.1 Å². The molecule has 1 atom stereocenters. The molecule has 1 aliphatic carbocycles. The molecule has 1 saturated heterocycles. The van der Waals surface area contributed by atoms with Gasteiger partial charge >= 0.3 is 0 Å². The van der Waals surface area contributed by atoms with E-state index in [9.17, 15) is 0 Å². The van der Waals surface area contributed by atoms with Gasteiger partial charge < -0.3 is 0 Å². The minimum Gasteiger partial charge on any atom is -0.289 e. The SMILES string of the molecule is CCCN1C(C)(C)C12CCC(c1ccnc3ccccc13)CC2. The number of aromatic nitrogens is 1. The lowest BCUT2D eigenvalue weighted by Gasteiger charge is -2.31. The summed E-state index contributed by atoms with van der Waals surface area (Å²) in [4.78, 5) is 7.29. The zero-order valence-corrected chi connectivity index (χ0v) is 14.7. The summed E-state index contributed by atoms with van der Waals surface area (Å²) in [7, 11) is 0. The van der Waals surface area contributed by atoms with Crippen molar-refractivity contribution in [2.24, 2.45) is 0 Å². The number of nitrogens with zero attached hydrogens (tertiary/aromatic N) is 2. The molecule has 23 heavy (non-hydrogen) atoms. The minimum absolute atomic E-state index is 0.411. The van der Waals surface area contributed by atoms with E-state index in [0.29, 0.717) is 17.0 Å². The van der Waals surface area contributed by atoms with Crippen molar-refractivity contribution in [2.75, 3.05) is 6.54 Å². The Labute approximate surface area is 139 Å². The Hall–Kier alpha value is -1.41. The van der Waals surface area contributed by atoms with Crippen molar-refractivity contribution in [3.63, 3.8) is 0 Å². The van der Waals surface area contributed by atoms with Crippen LogP contribution in [0.2, 0.25) is 0 Å². The highest BCUT2D eigenvalue weighted by atomic mass is 15.4. The van der Waals surface area contributed by atoms with Crippen LogP contribution in [0.3, 0.4) is 0 Å². The first-order valence-electron chi connectivity index (χ1n) is 9.21. The first kappa shape index (κ1) is 15.1. The third kappa shape index (κ3) is 2.15. The van der Waals surface area contributed by atoms with Crippen molar-refractivity contribution in [1.29, 1.82) is 0 Å². The lowest BCUT2D eigenvalue weighted by atomic mass is 9.74. The quantitative estimate of drug-likeness (QED) is 0.730. The Bertz CT molecular complexity index is 705. The molecular formula is C21H28N2. The molecular weight excluding hydrogens is 280 g/mol. The standard InChI is InChI=1S/C21H28N2/c1-4-15-23-20(2,3)21(23)12-9-16(10-13-21)17-11-14-22-19-8-6-5-7-18(17)19/h5-8,11,14,16H,4,9-10,12-13,15H2,1-3H3. The van der Waals surface area contributed by atoms with E-state index in [0.717, 1.165) is 5.52 Å². The topological polar surface area (TPSA) is 15.9 Å². The molecule has 1 unspecified atom stereocenters. The van der Waals surface area contributed by atoms with Crippen LogP contribution in [-0.2, 0) is 0 Å². The van der Waals surface area contributed by atoms with Gasteiger partial charge in [0.1, 0.15) is 0 Å². The molecule has 1 aromatic carbocycles. The smallest absolute Gasteiger partial charge is 0.0704 e. The molecule has 0 amide bonds. The number of rotatable bonds is 3. The van der Waals surface area contributed by atoms with Crippen LogP contribution in [0.5, 0.6) is 0 Å². The van der Waals surface area contributed by atoms with Crippen molar-refractivity contribution >= 4 is 10.9 Å². The van der Waals surface area contributed by atoms with Crippen molar-refractivity contribution in [1.82, 2.24) is 9.88 Å². The van der Waals surface area contributed by atoms with Gasteiger partial charge in [-0.05, 0) is 76.1 Å². The van der Waals surface area contributed by atoms with Crippen molar-refractivity contribution in [3.8, 4) is 0 Å². The van der Waals surface area contributed by atoms with Crippen molar-refractivity contribution < 1.29 is 0 Å². The lowest BCUT2D eigenvalue weighted by molar-refractivity contribution is 0.290. The van der Waals surface area contributed by atoms with Gasteiger partial charge in [-0.2, -0.15) is 0 Å². The second-order valence-corrected chi connectivity index (χ2v) is 7.93. The fourth-order valence-corrected chi connectivity index (χ4v) is 5.29. The van der Waals surface area contributed by atoms with Crippen LogP contribution < -0.4 is 0 Å². The third-order valence-electron chi connectivity index (χ3n) is 6.66. The van der Waals surface area contributed by atoms with E-state index in [-0.39, 0.29) is 0 Å². The van der Waals surface area contributed by atoms with Crippen LogP contribution in [0.1, 0.15) is 64.4 Å². The monoisotopic (exact) mass is 308 g/mol. The molecule has 2 fully saturated rings. The van der Waals surface area contributed by atoms with Gasteiger partial charge in [-0.25, -0.2) is 0 Å². The van der Waals surface area contributed by atoms with E-state index in [2.05, 4.69) is 61.0 Å². The van der Waals surface area contributed by atoms with Crippen LogP contribution >= 0.6 is 0 Å². The Morgan fingerprint density at radius 3 is 2.61 bits per heavy atom. The summed E-state index contributed by atoms with van der Waals surface area (Å²) in [6.45, 7) is 8.46. The fraction of sp³-hybridized carbons (Fsp3) is 0.571. The fourth-order valence-electron chi connectivity index (χ4n) is 5.29. The average Bonchev–Trinajstić information content (AvgIpc) is 3.02. The average molecular weight is 308 g/mol. The largest absolute Gasteiger partial charge is 0.289 e. The molecule has 1 saturated carbocycles. The van der Waals surface area contributed by atoms with Crippen LogP contribution in [0, 0.1) is 0 Å². The summed E-state index contributed by atoms with van der Waals surface area (Å²) in [6.07, 6.45) is 8.59. The molecule has 2 nitrogen and oxygen atoms in total. The van der Waals surface area contributed by atoms with E-state index in [1.807, 2.05) is 6.20 Å². The van der Waals surface area contributed by atoms with Crippen LogP contribution in [0.15, 0.2) is 36.5 Å². The molecule has 2 heterocycles. The molecule has 1 spiro atoms. The van der Waals surface area contributed by atoms with Gasteiger partial charge in [0.2, 0.25) is 0 Å². The second-order valence-electron chi connectivity index (χ2n) is 7.93. The Balaban J connectivity index is 1.56. The van der Waals surface area contributed by atoms with E-state index >= 15 is 0 Å². The molecule has 0 bridgehead atoms. The predicted octanol–water partition coefficient (Wildman–Crippen LogP) is 5.14. The third-order valence-corrected chi connectivity index (χ3v) is 6.66. The van der Waals surface area contributed by atoms with E-state index in [1.54, 1.807) is 0 Å². The summed E-state index contributed by atoms with van der Waals surface area (Å²) >= 11 is 0. The highest BCUT2D eigenvalue weighted by molar-refractivity contribution is 5.82. The van der Waals surface area contributed by atoms with Gasteiger partial charge in [0.25, 0.3) is 0 Å². The number of pyridine rings is 1. The van der Waals surface area contributed by atoms with Gasteiger partial charge in [0.15, 0.2) is 0 Å². The van der Waals surface area contributed by atoms with Gasteiger partial charge in [0, 0.05) is 22.7 Å². The van der Waals surface area contributed by atoms with Gasteiger partial charge in [-0.3, -0.25) is 9.88 Å². The molecule has 2 aromatic rings. The van der Waals surface area contributed by atoms with Crippen LogP contribution in [-0.4, -0.2) is 27.5 Å². The maximum absolute atomic E-state index is 4.53. The molecule has 4 rings (SSSR count). The van der Waals surface area contributed by atoms with Crippen LogP contribution in [0.4, 0.5) is 0 Å². The molecule has 0 N–H and O–H groups in total. The summed E-state index contributed by atoms with van der Waals surface area (Å²) in [5.41, 5.74) is 3.56. The first-order valence-corrected chi connectivity index (χ1v) is 9.21. The van der Waals surface area contributed by atoms with Gasteiger partial charge in [-0.15, -0.1) is 0 Å². The summed E-state index contributed by atoms with van der Waals surface area (Å²) in [6, 6.07) is 10.9. The highest BCUT2D eigenvalue weighted by Gasteiger charge is 2.68. The van der Waals surface area contributed by atoms with E-state index < -0.39 is 0 Å². The van der Waals surface area contributed by atoms with Crippen molar-refractivity contribution in [2.45, 2.75) is 69.9 Å². The number of fused-ring (bicyclic) bond motifs is 1. The number of hydrogen-bond acceptors (Lipinski definition) is 2. The summed E-state index contributed by atoms with van der Waals surface area (Å²) < 4.78 is 0. The first-order chi connectivity index (χ1) is 11.1. The number of para-hydroxylation sites is 1. The predicted molar refractivity (Wildman–Crippen MR) is 96.8 cm³/mol. The van der Waals surface area contributed by atoms with Crippen LogP contribution in [0.25, 0.3) is 10.9 Å². The van der Waals surface area contributed by atoms with Gasteiger partial charge in [0.05, 0.1) is 5.52 Å². The molecule has 2 heteroatoms. The van der Waals surface area contributed by atoms with E-state index in [1.165, 1.54) is 49.6 Å². The highest BCUT2D eigenvalue weighted by Crippen LogP contribution is 2.60. The zero-order chi connectivity index (χ0) is 16.1. The minimum atomic E-state index is 0.411. The van der Waals surface area contributed by atoms with E-state index in [4.69, 9.17) is 0 Å². The summed E-state index contributed by atoms with van der Waals surface area (Å²) in [5, 5.41) is 1.36. The maximum Gasteiger partial charge on any atom is 0.0704 e. The number of hydrogen-bond donors (Lipinski definition) is 0. The molecule has 1 aromatic heterocycles. The molecule has 1 aliphatic heterocycles. The maximum atomic E-state index is 4.53. The normalized spacial score (nSPS) is 32.3. The zero-order valence-electron chi connectivity index (χ0n) is 14.7. The molecule has 0 radical (unpaired) electrons. The Morgan fingerprint density at radius 1 is 1.13 bits per heavy atom. The number of benzene rings is 1. The Kier molecular flexibility index (Phi) is 3.49. The van der Waals surface area contributed by atoms with Gasteiger partial charge in [-0.1, -0.05) is 25.1 Å². The second kappa shape index (κ2) is 5.31. The lowest BCUT2D eigenvalue weighted by Crippen LogP contribution is -2.28. The Morgan fingerprint density at radius 2 is 1.87 bits per heavy atom. The molecule has 122 valence electrons.